The average Bonchev–Trinajstić information content (AvgIpc) is 2.61. The number of nitrogens with two attached hydrogens (primary N) is 1. The first-order valence-corrected chi connectivity index (χ1v) is 4.76. The number of nitrogens with zero attached hydrogens (tertiary/aromatic N) is 3. The number of anilines is 1. The highest BCUT2D eigenvalue weighted by Crippen LogP contribution is 2.19. The van der Waals surface area contributed by atoms with Crippen LogP contribution in [0, 0.1) is 5.82 Å². The molecule has 2 aromatic rings. The van der Waals surface area contributed by atoms with Gasteiger partial charge in [0.2, 0.25) is 0 Å². The van der Waals surface area contributed by atoms with E-state index in [-0.39, 0.29) is 6.61 Å². The van der Waals surface area contributed by atoms with Crippen molar-refractivity contribution in [1.82, 2.24) is 14.8 Å². The zero-order valence-corrected chi connectivity index (χ0v) is 8.47. The zero-order valence-electron chi connectivity index (χ0n) is 8.47. The Morgan fingerprint density at radius 3 is 2.88 bits per heavy atom. The van der Waals surface area contributed by atoms with Crippen LogP contribution in [0.5, 0.6) is 0 Å². The van der Waals surface area contributed by atoms with E-state index < -0.39 is 5.82 Å². The van der Waals surface area contributed by atoms with Gasteiger partial charge in [-0.25, -0.2) is 9.07 Å². The molecular formula is C10H11FN4O. The Kier molecular flexibility index (Phi) is 2.82. The van der Waals surface area contributed by atoms with Crippen LogP contribution in [0.1, 0.15) is 0 Å². The molecule has 16 heavy (non-hydrogen) atoms. The normalized spacial score (nSPS) is 10.6. The van der Waals surface area contributed by atoms with Gasteiger partial charge >= 0.3 is 0 Å². The number of hydrogen-bond donors (Lipinski definition) is 2. The summed E-state index contributed by atoms with van der Waals surface area (Å²) < 4.78 is 14.4. The van der Waals surface area contributed by atoms with E-state index in [0.717, 1.165) is 6.20 Å². The number of aliphatic hydroxyl groups is 1. The lowest BCUT2D eigenvalue weighted by Crippen LogP contribution is -2.07. The molecule has 0 saturated heterocycles. The Morgan fingerprint density at radius 2 is 2.19 bits per heavy atom. The molecule has 2 rings (SSSR count). The van der Waals surface area contributed by atoms with Gasteiger partial charge in [-0.3, -0.25) is 4.98 Å². The number of nitrogen functional groups attached to an aromatic ring is 1. The van der Waals surface area contributed by atoms with E-state index in [1.54, 1.807) is 6.07 Å². The van der Waals surface area contributed by atoms with Crippen molar-refractivity contribution in [2.24, 2.45) is 0 Å². The number of halogens is 1. The van der Waals surface area contributed by atoms with Gasteiger partial charge in [-0.2, -0.15) is 5.10 Å². The molecule has 2 aromatic heterocycles. The maximum atomic E-state index is 12.9. The lowest BCUT2D eigenvalue weighted by atomic mass is 10.2. The highest BCUT2D eigenvalue weighted by atomic mass is 19.1. The molecule has 3 N–H and O–H groups in total. The minimum atomic E-state index is -0.423. The summed E-state index contributed by atoms with van der Waals surface area (Å²) >= 11 is 0. The molecule has 0 aliphatic rings. The van der Waals surface area contributed by atoms with Crippen LogP contribution in [0.4, 0.5) is 10.2 Å². The minimum Gasteiger partial charge on any atom is -0.394 e. The van der Waals surface area contributed by atoms with Crippen LogP contribution < -0.4 is 5.73 Å². The van der Waals surface area contributed by atoms with Crippen LogP contribution in [-0.4, -0.2) is 26.5 Å². The number of rotatable bonds is 3. The summed E-state index contributed by atoms with van der Waals surface area (Å²) in [6.07, 6.45) is 2.63. The van der Waals surface area contributed by atoms with Crippen LogP contribution in [0.3, 0.4) is 0 Å². The molecule has 0 radical (unpaired) electrons. The van der Waals surface area contributed by atoms with Gasteiger partial charge in [0, 0.05) is 17.8 Å². The number of hydrogen-bond acceptors (Lipinski definition) is 4. The fraction of sp³-hybridized carbons (Fsp3) is 0.200. The Labute approximate surface area is 91.3 Å². The van der Waals surface area contributed by atoms with Crippen molar-refractivity contribution < 1.29 is 9.50 Å². The van der Waals surface area contributed by atoms with Crippen molar-refractivity contribution in [1.29, 1.82) is 0 Å². The summed E-state index contributed by atoms with van der Waals surface area (Å²) in [5.74, 6) is 0.00101. The molecule has 5 nitrogen and oxygen atoms in total. The Bertz CT molecular complexity index is 497. The SMILES string of the molecule is Nc1cc(-c2cncc(F)c2)nn1CCO. The largest absolute Gasteiger partial charge is 0.394 e. The van der Waals surface area contributed by atoms with Gasteiger partial charge < -0.3 is 10.8 Å². The summed E-state index contributed by atoms with van der Waals surface area (Å²) in [5.41, 5.74) is 6.78. The first-order valence-electron chi connectivity index (χ1n) is 4.76. The molecule has 2 heterocycles. The van der Waals surface area contributed by atoms with Gasteiger partial charge in [-0.1, -0.05) is 0 Å². The van der Waals surface area contributed by atoms with Gasteiger partial charge in [-0.05, 0) is 6.07 Å². The molecule has 0 bridgehead atoms. The first-order chi connectivity index (χ1) is 7.70. The van der Waals surface area contributed by atoms with Gasteiger partial charge in [0.1, 0.15) is 11.6 Å². The van der Waals surface area contributed by atoms with Crippen LogP contribution in [0.25, 0.3) is 11.3 Å². The molecule has 6 heteroatoms. The second-order valence-corrected chi connectivity index (χ2v) is 3.29. The fourth-order valence-corrected chi connectivity index (χ4v) is 1.40. The van der Waals surface area contributed by atoms with E-state index in [0.29, 0.717) is 23.6 Å². The van der Waals surface area contributed by atoms with Crippen LogP contribution in [0.15, 0.2) is 24.5 Å². The van der Waals surface area contributed by atoms with Crippen molar-refractivity contribution in [3.8, 4) is 11.3 Å². The van der Waals surface area contributed by atoms with Crippen molar-refractivity contribution in [3.63, 3.8) is 0 Å². The molecule has 0 aliphatic carbocycles. The van der Waals surface area contributed by atoms with E-state index in [4.69, 9.17) is 10.8 Å². The second kappa shape index (κ2) is 4.28. The molecule has 84 valence electrons. The predicted octanol–water partition coefficient (Wildman–Crippen LogP) is 0.659. The van der Waals surface area contributed by atoms with Crippen LogP contribution in [-0.2, 0) is 6.54 Å². The molecule has 0 spiro atoms. The van der Waals surface area contributed by atoms with E-state index >= 15 is 0 Å². The molecule has 0 aromatic carbocycles. The molecular weight excluding hydrogens is 211 g/mol. The number of aromatic nitrogens is 3. The molecule has 0 aliphatic heterocycles. The van der Waals surface area contributed by atoms with Gasteiger partial charge in [0.25, 0.3) is 0 Å². The lowest BCUT2D eigenvalue weighted by Gasteiger charge is -1.99. The first kappa shape index (κ1) is 10.6. The molecule has 0 saturated carbocycles. The third kappa shape index (κ3) is 2.01. The third-order valence-electron chi connectivity index (χ3n) is 2.12. The average molecular weight is 222 g/mol. The quantitative estimate of drug-likeness (QED) is 0.799. The Morgan fingerprint density at radius 1 is 1.38 bits per heavy atom. The van der Waals surface area contributed by atoms with Crippen molar-refractivity contribution in [3.05, 3.63) is 30.3 Å². The molecule has 0 amide bonds. The molecule has 0 atom stereocenters. The second-order valence-electron chi connectivity index (χ2n) is 3.29. The minimum absolute atomic E-state index is 0.0489. The standard InChI is InChI=1S/C10H11FN4O/c11-8-3-7(5-13-6-8)9-4-10(12)15(14-9)1-2-16/h3-6,16H,1-2,12H2. The van der Waals surface area contributed by atoms with E-state index in [1.165, 1.54) is 16.9 Å². The summed E-state index contributed by atoms with van der Waals surface area (Å²) in [7, 11) is 0. The van der Waals surface area contributed by atoms with Crippen molar-refractivity contribution in [2.45, 2.75) is 6.54 Å². The van der Waals surface area contributed by atoms with E-state index in [1.807, 2.05) is 0 Å². The van der Waals surface area contributed by atoms with E-state index in [9.17, 15) is 4.39 Å². The highest BCUT2D eigenvalue weighted by molar-refractivity contribution is 5.61. The number of pyridine rings is 1. The van der Waals surface area contributed by atoms with Gasteiger partial charge in [0.05, 0.1) is 25.0 Å². The summed E-state index contributed by atoms with van der Waals surface area (Å²) in [4.78, 5) is 3.73. The monoisotopic (exact) mass is 222 g/mol. The van der Waals surface area contributed by atoms with E-state index in [2.05, 4.69) is 10.1 Å². The summed E-state index contributed by atoms with van der Waals surface area (Å²) in [5, 5.41) is 12.9. The molecule has 0 unspecified atom stereocenters. The van der Waals surface area contributed by atoms with Crippen LogP contribution in [0.2, 0.25) is 0 Å². The maximum absolute atomic E-state index is 12.9. The Hall–Kier alpha value is -1.95. The summed E-state index contributed by atoms with van der Waals surface area (Å²) in [6.45, 7) is 0.265. The van der Waals surface area contributed by atoms with Crippen molar-refractivity contribution >= 4 is 5.82 Å². The predicted molar refractivity (Wildman–Crippen MR) is 56.9 cm³/mol. The van der Waals surface area contributed by atoms with Crippen molar-refractivity contribution in [2.75, 3.05) is 12.3 Å². The molecule has 0 fully saturated rings. The topological polar surface area (TPSA) is 77.0 Å². The summed E-state index contributed by atoms with van der Waals surface area (Å²) in [6, 6.07) is 2.95. The highest BCUT2D eigenvalue weighted by Gasteiger charge is 2.07. The lowest BCUT2D eigenvalue weighted by molar-refractivity contribution is 0.270. The Balaban J connectivity index is 2.37. The smallest absolute Gasteiger partial charge is 0.142 e. The number of aliphatic hydroxyl groups excluding tert-OH is 1. The van der Waals surface area contributed by atoms with Gasteiger partial charge in [-0.15, -0.1) is 0 Å². The fourth-order valence-electron chi connectivity index (χ4n) is 1.40. The third-order valence-corrected chi connectivity index (χ3v) is 2.12. The zero-order chi connectivity index (χ0) is 11.5. The maximum Gasteiger partial charge on any atom is 0.142 e. The van der Waals surface area contributed by atoms with Gasteiger partial charge in [0.15, 0.2) is 0 Å². The van der Waals surface area contributed by atoms with Crippen LogP contribution >= 0.6 is 0 Å².